The Labute approximate surface area is 188 Å². The van der Waals surface area contributed by atoms with Gasteiger partial charge in [-0.3, -0.25) is 9.59 Å². The molecule has 0 unspecified atom stereocenters. The molecule has 2 aromatic heterocycles. The molecule has 0 aliphatic carbocycles. The summed E-state index contributed by atoms with van der Waals surface area (Å²) < 4.78 is 13.2. The second-order valence-electron chi connectivity index (χ2n) is 6.35. The largest absolute Gasteiger partial charge is 0.324 e. The molecule has 4 rings (SSSR count). The van der Waals surface area contributed by atoms with Crippen LogP contribution >= 0.6 is 34.7 Å². The van der Waals surface area contributed by atoms with E-state index in [1.54, 1.807) is 23.6 Å². The first-order valence-corrected chi connectivity index (χ1v) is 11.1. The summed E-state index contributed by atoms with van der Waals surface area (Å²) in [7, 11) is 0. The van der Waals surface area contributed by atoms with E-state index in [4.69, 9.17) is 16.9 Å². The van der Waals surface area contributed by atoms with Crippen LogP contribution in [0.5, 0.6) is 0 Å². The van der Waals surface area contributed by atoms with Gasteiger partial charge in [0.05, 0.1) is 22.4 Å². The maximum Gasteiger partial charge on any atom is 0.260 e. The van der Waals surface area contributed by atoms with E-state index in [1.165, 1.54) is 35.6 Å². The van der Waals surface area contributed by atoms with E-state index in [0.717, 1.165) is 17.3 Å². The van der Waals surface area contributed by atoms with Gasteiger partial charge in [0.2, 0.25) is 5.91 Å². The highest BCUT2D eigenvalue weighted by Crippen LogP contribution is 2.31. The van der Waals surface area contributed by atoms with Crippen LogP contribution in [0.1, 0.15) is 5.56 Å². The number of aromatic nitrogens is 2. The van der Waals surface area contributed by atoms with Crippen LogP contribution in [0.2, 0.25) is 5.02 Å². The van der Waals surface area contributed by atoms with Crippen molar-refractivity contribution in [2.24, 2.45) is 0 Å². The van der Waals surface area contributed by atoms with Crippen molar-refractivity contribution in [3.8, 4) is 17.2 Å². The summed E-state index contributed by atoms with van der Waals surface area (Å²) in [4.78, 5) is 32.6. The van der Waals surface area contributed by atoms with Crippen molar-refractivity contribution in [3.63, 3.8) is 0 Å². The predicted octanol–water partition coefficient (Wildman–Crippen LogP) is 5.05. The van der Waals surface area contributed by atoms with Gasteiger partial charge < -0.3 is 10.3 Å². The normalized spacial score (nSPS) is 10.7. The average Bonchev–Trinajstić information content (AvgIpc) is 3.18. The number of aromatic amines is 1. The Morgan fingerprint density at radius 3 is 2.81 bits per heavy atom. The van der Waals surface area contributed by atoms with Crippen LogP contribution in [0.15, 0.2) is 57.8 Å². The van der Waals surface area contributed by atoms with Crippen molar-refractivity contribution in [1.82, 2.24) is 9.97 Å². The molecule has 0 atom stereocenters. The first kappa shape index (κ1) is 21.1. The minimum atomic E-state index is -0.371. The molecule has 31 heavy (non-hydrogen) atoms. The zero-order valence-electron chi connectivity index (χ0n) is 15.6. The molecule has 0 aliphatic heterocycles. The van der Waals surface area contributed by atoms with Gasteiger partial charge in [0.1, 0.15) is 16.7 Å². The summed E-state index contributed by atoms with van der Waals surface area (Å²) in [5.74, 6) is -0.751. The summed E-state index contributed by atoms with van der Waals surface area (Å²) >= 11 is 8.28. The summed E-state index contributed by atoms with van der Waals surface area (Å²) in [6, 6.07) is 12.5. The quantitative estimate of drug-likeness (QED) is 0.314. The SMILES string of the molecule is N#Cc1ccc(Cl)cc1NC(=O)CSc1nc2scc(-c3ccc(F)cc3)c2c(=O)[nH]1. The number of anilines is 1. The summed E-state index contributed by atoms with van der Waals surface area (Å²) in [6.45, 7) is 0. The van der Waals surface area contributed by atoms with Gasteiger partial charge in [0.15, 0.2) is 5.16 Å². The molecular formula is C21H12ClFN4O2S2. The number of thiophene rings is 1. The molecule has 2 heterocycles. The maximum absolute atomic E-state index is 13.2. The van der Waals surface area contributed by atoms with Crippen molar-refractivity contribution < 1.29 is 9.18 Å². The van der Waals surface area contributed by atoms with Crippen molar-refractivity contribution in [3.05, 3.63) is 74.6 Å². The summed E-state index contributed by atoms with van der Waals surface area (Å²) in [6.07, 6.45) is 0. The number of hydrogen-bond acceptors (Lipinski definition) is 6. The molecule has 0 aliphatic rings. The molecule has 154 valence electrons. The molecule has 4 aromatic rings. The number of fused-ring (bicyclic) bond motifs is 1. The van der Waals surface area contributed by atoms with E-state index in [9.17, 15) is 14.0 Å². The van der Waals surface area contributed by atoms with Gasteiger partial charge in [-0.1, -0.05) is 35.5 Å². The number of nitriles is 1. The van der Waals surface area contributed by atoms with Gasteiger partial charge in [-0.2, -0.15) is 5.26 Å². The zero-order valence-corrected chi connectivity index (χ0v) is 18.0. The van der Waals surface area contributed by atoms with E-state index in [1.807, 2.05) is 6.07 Å². The number of carbonyl (C=O) groups excluding carboxylic acids is 1. The van der Waals surface area contributed by atoms with Gasteiger partial charge in [0, 0.05) is 16.0 Å². The predicted molar refractivity (Wildman–Crippen MR) is 121 cm³/mol. The molecule has 6 nitrogen and oxygen atoms in total. The van der Waals surface area contributed by atoms with Crippen molar-refractivity contribution in [1.29, 1.82) is 5.26 Å². The van der Waals surface area contributed by atoms with Gasteiger partial charge >= 0.3 is 0 Å². The molecule has 10 heteroatoms. The van der Waals surface area contributed by atoms with Crippen molar-refractivity contribution in [2.75, 3.05) is 11.1 Å². The number of hydrogen-bond donors (Lipinski definition) is 2. The Hall–Kier alpha value is -3.19. The zero-order chi connectivity index (χ0) is 22.0. The lowest BCUT2D eigenvalue weighted by molar-refractivity contribution is -0.113. The van der Waals surface area contributed by atoms with E-state index >= 15 is 0 Å². The number of thioether (sulfide) groups is 1. The van der Waals surface area contributed by atoms with Crippen LogP contribution in [0.4, 0.5) is 10.1 Å². The first-order chi connectivity index (χ1) is 14.9. The van der Waals surface area contributed by atoms with Gasteiger partial charge in [-0.25, -0.2) is 9.37 Å². The van der Waals surface area contributed by atoms with E-state index in [0.29, 0.717) is 37.2 Å². The second kappa shape index (κ2) is 8.89. The highest BCUT2D eigenvalue weighted by molar-refractivity contribution is 7.99. The summed E-state index contributed by atoms with van der Waals surface area (Å²) in [5.41, 5.74) is 1.67. The fourth-order valence-electron chi connectivity index (χ4n) is 2.88. The molecule has 2 aromatic carbocycles. The maximum atomic E-state index is 13.2. The highest BCUT2D eigenvalue weighted by atomic mass is 35.5. The molecule has 1 amide bonds. The Kier molecular flexibility index (Phi) is 6.04. The lowest BCUT2D eigenvalue weighted by Crippen LogP contribution is -2.16. The Morgan fingerprint density at radius 2 is 2.06 bits per heavy atom. The average molecular weight is 471 g/mol. The van der Waals surface area contributed by atoms with E-state index in [2.05, 4.69) is 15.3 Å². The van der Waals surface area contributed by atoms with Crippen molar-refractivity contribution in [2.45, 2.75) is 5.16 Å². The number of H-pyrrole nitrogens is 1. The third-order valence-electron chi connectivity index (χ3n) is 4.29. The number of nitrogens with one attached hydrogen (secondary N) is 2. The third kappa shape index (κ3) is 4.61. The van der Waals surface area contributed by atoms with Crippen LogP contribution in [-0.4, -0.2) is 21.6 Å². The van der Waals surface area contributed by atoms with Gasteiger partial charge in [-0.15, -0.1) is 11.3 Å². The summed E-state index contributed by atoms with van der Waals surface area (Å²) in [5, 5.41) is 14.7. The van der Waals surface area contributed by atoms with Crippen LogP contribution in [0.25, 0.3) is 21.3 Å². The topological polar surface area (TPSA) is 98.6 Å². The molecule has 0 spiro atoms. The lowest BCUT2D eigenvalue weighted by Gasteiger charge is -2.07. The first-order valence-electron chi connectivity index (χ1n) is 8.84. The van der Waals surface area contributed by atoms with Gasteiger partial charge in [-0.05, 0) is 35.9 Å². The van der Waals surface area contributed by atoms with Crippen LogP contribution in [0, 0.1) is 17.1 Å². The second-order valence-corrected chi connectivity index (χ2v) is 8.60. The molecule has 0 saturated carbocycles. The molecule has 0 saturated heterocycles. The molecule has 0 radical (unpaired) electrons. The van der Waals surface area contributed by atoms with Gasteiger partial charge in [0.25, 0.3) is 5.56 Å². The Bertz CT molecular complexity index is 1390. The number of carbonyl (C=O) groups is 1. The van der Waals surface area contributed by atoms with Crippen LogP contribution in [0.3, 0.4) is 0 Å². The van der Waals surface area contributed by atoms with E-state index in [-0.39, 0.29) is 23.0 Å². The van der Waals surface area contributed by atoms with Crippen LogP contribution in [-0.2, 0) is 4.79 Å². The lowest BCUT2D eigenvalue weighted by atomic mass is 10.1. The number of benzene rings is 2. The standard InChI is InChI=1S/C21H12ClFN4O2S2/c22-13-4-1-12(8-24)16(7-13)25-17(28)10-31-21-26-19(29)18-15(9-30-20(18)27-21)11-2-5-14(23)6-3-11/h1-7,9H,10H2,(H,25,28)(H,26,27,29). The van der Waals surface area contributed by atoms with Crippen LogP contribution < -0.4 is 10.9 Å². The molecule has 0 bridgehead atoms. The number of nitrogens with zero attached hydrogens (tertiary/aromatic N) is 2. The molecular weight excluding hydrogens is 459 g/mol. The van der Waals surface area contributed by atoms with Crippen molar-refractivity contribution >= 4 is 56.5 Å². The minimum Gasteiger partial charge on any atom is -0.324 e. The molecule has 0 fully saturated rings. The number of rotatable bonds is 5. The van der Waals surface area contributed by atoms with E-state index < -0.39 is 0 Å². The minimum absolute atomic E-state index is 0.0258. The Morgan fingerprint density at radius 1 is 1.29 bits per heavy atom. The third-order valence-corrected chi connectivity index (χ3v) is 6.27. The molecule has 2 N–H and O–H groups in total. The Balaban J connectivity index is 1.52. The monoisotopic (exact) mass is 470 g/mol. The fraction of sp³-hybridized carbons (Fsp3) is 0.0476. The number of halogens is 2. The highest BCUT2D eigenvalue weighted by Gasteiger charge is 2.15. The number of amides is 1. The smallest absolute Gasteiger partial charge is 0.260 e. The fourth-order valence-corrected chi connectivity index (χ4v) is 4.72.